The third-order valence-electron chi connectivity index (χ3n) is 4.58. The Morgan fingerprint density at radius 1 is 1.29 bits per heavy atom. The SMILES string of the molecule is COc1ccc(Cl)cc1C(=O)NCc1cc(-c2ccc3c(c2)CC(C)O3)on1. The summed E-state index contributed by atoms with van der Waals surface area (Å²) >= 11 is 5.98. The molecule has 1 atom stereocenters. The first kappa shape index (κ1) is 18.4. The minimum atomic E-state index is -0.299. The molecule has 1 N–H and O–H groups in total. The van der Waals surface area contributed by atoms with Crippen LogP contribution in [0.4, 0.5) is 0 Å². The molecule has 0 fully saturated rings. The van der Waals surface area contributed by atoms with Crippen molar-refractivity contribution < 1.29 is 18.8 Å². The zero-order valence-corrected chi connectivity index (χ0v) is 16.2. The summed E-state index contributed by atoms with van der Waals surface area (Å²) in [5.41, 5.74) is 3.07. The van der Waals surface area contributed by atoms with E-state index in [0.29, 0.717) is 27.8 Å². The molecule has 4 rings (SSSR count). The monoisotopic (exact) mass is 398 g/mol. The lowest BCUT2D eigenvalue weighted by Gasteiger charge is -2.08. The largest absolute Gasteiger partial charge is 0.496 e. The van der Waals surface area contributed by atoms with E-state index in [1.54, 1.807) is 18.2 Å². The number of methoxy groups -OCH3 is 1. The van der Waals surface area contributed by atoms with Crippen molar-refractivity contribution in [2.24, 2.45) is 0 Å². The fourth-order valence-corrected chi connectivity index (χ4v) is 3.40. The van der Waals surface area contributed by atoms with Gasteiger partial charge in [-0.15, -0.1) is 0 Å². The van der Waals surface area contributed by atoms with Crippen LogP contribution in [0.1, 0.15) is 28.5 Å². The van der Waals surface area contributed by atoms with Crippen molar-refractivity contribution >= 4 is 17.5 Å². The number of carbonyl (C=O) groups excluding carboxylic acids is 1. The number of hydrogen-bond donors (Lipinski definition) is 1. The van der Waals surface area contributed by atoms with Gasteiger partial charge in [0.1, 0.15) is 23.3 Å². The van der Waals surface area contributed by atoms with Gasteiger partial charge in [0, 0.05) is 23.1 Å². The number of amides is 1. The number of fused-ring (bicyclic) bond motifs is 1. The van der Waals surface area contributed by atoms with Crippen molar-refractivity contribution in [3.63, 3.8) is 0 Å². The van der Waals surface area contributed by atoms with Gasteiger partial charge in [-0.2, -0.15) is 0 Å². The lowest BCUT2D eigenvalue weighted by molar-refractivity contribution is 0.0947. The Morgan fingerprint density at radius 3 is 2.96 bits per heavy atom. The van der Waals surface area contributed by atoms with Crippen molar-refractivity contribution in [3.8, 4) is 22.8 Å². The van der Waals surface area contributed by atoms with Gasteiger partial charge in [-0.25, -0.2) is 0 Å². The molecule has 1 amide bonds. The lowest BCUT2D eigenvalue weighted by Crippen LogP contribution is -2.23. The molecule has 1 aliphatic rings. The fraction of sp³-hybridized carbons (Fsp3) is 0.238. The van der Waals surface area contributed by atoms with E-state index in [1.165, 1.54) is 7.11 Å². The summed E-state index contributed by atoms with van der Waals surface area (Å²) in [5, 5.41) is 7.32. The Labute approximate surface area is 167 Å². The van der Waals surface area contributed by atoms with Gasteiger partial charge in [0.2, 0.25) is 0 Å². The van der Waals surface area contributed by atoms with E-state index in [9.17, 15) is 4.79 Å². The van der Waals surface area contributed by atoms with E-state index in [-0.39, 0.29) is 18.6 Å². The normalized spacial score (nSPS) is 15.0. The number of aromatic nitrogens is 1. The standard InChI is InChI=1S/C21H19ClN2O4/c1-12-7-14-8-13(3-5-18(14)27-12)20-10-16(24-28-20)11-23-21(25)17-9-15(22)4-6-19(17)26-2/h3-6,8-10,12H,7,11H2,1-2H3,(H,23,25). The van der Waals surface area contributed by atoms with Gasteiger partial charge < -0.3 is 19.3 Å². The number of nitrogens with zero attached hydrogens (tertiary/aromatic N) is 1. The van der Waals surface area contributed by atoms with Crippen LogP contribution in [-0.4, -0.2) is 24.3 Å². The summed E-state index contributed by atoms with van der Waals surface area (Å²) in [6, 6.07) is 12.7. The third-order valence-corrected chi connectivity index (χ3v) is 4.81. The summed E-state index contributed by atoms with van der Waals surface area (Å²) in [6.07, 6.45) is 1.07. The summed E-state index contributed by atoms with van der Waals surface area (Å²) in [5.74, 6) is 1.72. The van der Waals surface area contributed by atoms with Crippen molar-refractivity contribution in [2.75, 3.05) is 7.11 Å². The average Bonchev–Trinajstić information content (AvgIpc) is 3.30. The van der Waals surface area contributed by atoms with Crippen molar-refractivity contribution in [1.82, 2.24) is 10.5 Å². The Kier molecular flexibility index (Phi) is 4.96. The van der Waals surface area contributed by atoms with Crippen molar-refractivity contribution in [1.29, 1.82) is 0 Å². The Hall–Kier alpha value is -2.99. The minimum absolute atomic E-state index is 0.189. The second-order valence-electron chi connectivity index (χ2n) is 6.66. The number of halogens is 1. The van der Waals surface area contributed by atoms with E-state index in [4.69, 9.17) is 25.6 Å². The van der Waals surface area contributed by atoms with Gasteiger partial charge in [0.25, 0.3) is 5.91 Å². The zero-order valence-electron chi connectivity index (χ0n) is 15.5. The highest BCUT2D eigenvalue weighted by Gasteiger charge is 2.20. The maximum Gasteiger partial charge on any atom is 0.255 e. The highest BCUT2D eigenvalue weighted by Crippen LogP contribution is 2.33. The molecule has 1 unspecified atom stereocenters. The Balaban J connectivity index is 1.45. The van der Waals surface area contributed by atoms with Gasteiger partial charge in [0.15, 0.2) is 5.76 Å². The van der Waals surface area contributed by atoms with Crippen LogP contribution in [0.25, 0.3) is 11.3 Å². The van der Waals surface area contributed by atoms with Crippen LogP contribution in [0.5, 0.6) is 11.5 Å². The van der Waals surface area contributed by atoms with Crippen molar-refractivity contribution in [2.45, 2.75) is 26.0 Å². The molecule has 2 heterocycles. The summed E-state index contributed by atoms with van der Waals surface area (Å²) in [7, 11) is 1.51. The number of hydrogen-bond acceptors (Lipinski definition) is 5. The molecule has 0 saturated heterocycles. The lowest BCUT2D eigenvalue weighted by atomic mass is 10.1. The number of rotatable bonds is 5. The second kappa shape index (κ2) is 7.56. The molecule has 7 heteroatoms. The maximum atomic E-state index is 12.5. The predicted octanol–water partition coefficient (Wildman–Crippen LogP) is 4.26. The third kappa shape index (κ3) is 3.68. The van der Waals surface area contributed by atoms with E-state index in [0.717, 1.165) is 23.3 Å². The molecule has 2 aromatic carbocycles. The van der Waals surface area contributed by atoms with Gasteiger partial charge in [-0.1, -0.05) is 16.8 Å². The number of benzene rings is 2. The molecule has 144 valence electrons. The van der Waals surface area contributed by atoms with E-state index >= 15 is 0 Å². The second-order valence-corrected chi connectivity index (χ2v) is 7.10. The van der Waals surface area contributed by atoms with Crippen LogP contribution in [0.2, 0.25) is 5.02 Å². The number of carbonyl (C=O) groups is 1. The first-order valence-corrected chi connectivity index (χ1v) is 9.28. The number of ether oxygens (including phenoxy) is 2. The minimum Gasteiger partial charge on any atom is -0.496 e. The summed E-state index contributed by atoms with van der Waals surface area (Å²) < 4.78 is 16.4. The maximum absolute atomic E-state index is 12.5. The first-order valence-electron chi connectivity index (χ1n) is 8.91. The Morgan fingerprint density at radius 2 is 2.14 bits per heavy atom. The molecule has 28 heavy (non-hydrogen) atoms. The van der Waals surface area contributed by atoms with Gasteiger partial charge in [-0.3, -0.25) is 4.79 Å². The van der Waals surface area contributed by atoms with Gasteiger partial charge in [-0.05, 0) is 48.9 Å². The van der Waals surface area contributed by atoms with Crippen LogP contribution < -0.4 is 14.8 Å². The van der Waals surface area contributed by atoms with Crippen LogP contribution in [0.3, 0.4) is 0 Å². The molecule has 0 spiro atoms. The number of nitrogens with one attached hydrogen (secondary N) is 1. The molecular formula is C21H19ClN2O4. The fourth-order valence-electron chi connectivity index (χ4n) is 3.23. The topological polar surface area (TPSA) is 73.6 Å². The molecule has 0 radical (unpaired) electrons. The molecule has 0 aliphatic carbocycles. The van der Waals surface area contributed by atoms with E-state index in [2.05, 4.69) is 16.5 Å². The first-order chi connectivity index (χ1) is 13.5. The molecular weight excluding hydrogens is 380 g/mol. The molecule has 6 nitrogen and oxygen atoms in total. The van der Waals surface area contributed by atoms with Crippen LogP contribution >= 0.6 is 11.6 Å². The van der Waals surface area contributed by atoms with Crippen molar-refractivity contribution in [3.05, 3.63) is 64.3 Å². The highest BCUT2D eigenvalue weighted by molar-refractivity contribution is 6.31. The Bertz CT molecular complexity index is 1030. The van der Waals surface area contributed by atoms with Crippen LogP contribution in [0, 0.1) is 0 Å². The smallest absolute Gasteiger partial charge is 0.255 e. The van der Waals surface area contributed by atoms with E-state index < -0.39 is 0 Å². The molecule has 0 bridgehead atoms. The average molecular weight is 399 g/mol. The highest BCUT2D eigenvalue weighted by atomic mass is 35.5. The van der Waals surface area contributed by atoms with Crippen LogP contribution in [-0.2, 0) is 13.0 Å². The quantitative estimate of drug-likeness (QED) is 0.695. The summed E-state index contributed by atoms with van der Waals surface area (Å²) in [4.78, 5) is 12.5. The molecule has 1 aliphatic heterocycles. The van der Waals surface area contributed by atoms with E-state index in [1.807, 2.05) is 25.1 Å². The molecule has 3 aromatic rings. The molecule has 1 aromatic heterocycles. The van der Waals surface area contributed by atoms with Gasteiger partial charge >= 0.3 is 0 Å². The van der Waals surface area contributed by atoms with Gasteiger partial charge in [0.05, 0.1) is 19.2 Å². The zero-order chi connectivity index (χ0) is 19.7. The summed E-state index contributed by atoms with van der Waals surface area (Å²) in [6.45, 7) is 2.27. The molecule has 0 saturated carbocycles. The van der Waals surface area contributed by atoms with Crippen LogP contribution in [0.15, 0.2) is 47.0 Å². The predicted molar refractivity (Wildman–Crippen MR) is 105 cm³/mol.